The third kappa shape index (κ3) is 21.7. The number of unbranched alkanes of at least 4 members (excludes halogenated alkanes) is 14. The van der Waals surface area contributed by atoms with Crippen LogP contribution in [0.5, 0.6) is 0 Å². The summed E-state index contributed by atoms with van der Waals surface area (Å²) in [7, 11) is 0. The van der Waals surface area contributed by atoms with Gasteiger partial charge in [0.05, 0.1) is 0 Å². The Hall–Kier alpha value is -0.280. The molecule has 0 aliphatic carbocycles. The summed E-state index contributed by atoms with van der Waals surface area (Å²) in [4.78, 5) is 11.3. The Morgan fingerprint density at radius 3 is 1.42 bits per heavy atom. The van der Waals surface area contributed by atoms with Crippen molar-refractivity contribution in [1.29, 1.82) is 0 Å². The number of halogens is 1. The van der Waals surface area contributed by atoms with Gasteiger partial charge in [0, 0.05) is 6.42 Å². The fourth-order valence-electron chi connectivity index (χ4n) is 2.91. The van der Waals surface area contributed by atoms with Crippen molar-refractivity contribution < 1.29 is 9.53 Å². The molecule has 0 aromatic rings. The Morgan fingerprint density at radius 1 is 0.750 bits per heavy atom. The van der Waals surface area contributed by atoms with E-state index in [9.17, 15) is 4.79 Å². The predicted molar refractivity (Wildman–Crippen MR) is 107 cm³/mol. The highest BCUT2D eigenvalue weighted by Crippen LogP contribution is 2.13. The summed E-state index contributed by atoms with van der Waals surface area (Å²) < 4.78 is 4.91. The molecule has 4 heteroatoms. The first-order valence-corrected chi connectivity index (χ1v) is 10.1. The van der Waals surface area contributed by atoms with Crippen LogP contribution in [0.3, 0.4) is 0 Å². The number of esters is 1. The molecule has 24 heavy (non-hydrogen) atoms. The second-order valence-electron chi connectivity index (χ2n) is 6.89. The summed E-state index contributed by atoms with van der Waals surface area (Å²) in [5, 5.41) is 0. The molecule has 1 unspecified atom stereocenters. The van der Waals surface area contributed by atoms with Gasteiger partial charge < -0.3 is 4.74 Å². The topological polar surface area (TPSA) is 52.3 Å². The van der Waals surface area contributed by atoms with E-state index in [1.165, 1.54) is 83.5 Å². The number of hydrogen-bond acceptors (Lipinski definition) is 3. The van der Waals surface area contributed by atoms with E-state index >= 15 is 0 Å². The lowest BCUT2D eigenvalue weighted by Gasteiger charge is -2.07. The molecular formula is C20H42ClNO2. The Labute approximate surface area is 156 Å². The number of carbonyl (C=O) groups is 1. The fourth-order valence-corrected chi connectivity index (χ4v) is 2.91. The zero-order chi connectivity index (χ0) is 17.2. The van der Waals surface area contributed by atoms with Gasteiger partial charge in [0.25, 0.3) is 0 Å². The van der Waals surface area contributed by atoms with E-state index in [1.54, 1.807) is 6.92 Å². The molecule has 0 heterocycles. The maximum absolute atomic E-state index is 11.3. The lowest BCUT2D eigenvalue weighted by atomic mass is 10.0. The lowest BCUT2D eigenvalue weighted by Crippen LogP contribution is -2.23. The number of ether oxygens (including phenoxy) is 1. The van der Waals surface area contributed by atoms with Crippen LogP contribution in [-0.2, 0) is 9.53 Å². The molecule has 0 aromatic heterocycles. The van der Waals surface area contributed by atoms with Gasteiger partial charge >= 0.3 is 5.97 Å². The number of carbonyl (C=O) groups excluding carboxylic acids is 1. The summed E-state index contributed by atoms with van der Waals surface area (Å²) >= 11 is 0. The number of hydrogen-bond donors (Lipinski definition) is 1. The van der Waals surface area contributed by atoms with E-state index in [0.717, 1.165) is 12.8 Å². The number of rotatable bonds is 17. The zero-order valence-corrected chi connectivity index (χ0v) is 17.0. The van der Waals surface area contributed by atoms with Crippen LogP contribution < -0.4 is 5.73 Å². The molecule has 0 saturated carbocycles. The first-order chi connectivity index (χ1) is 11.2. The van der Waals surface area contributed by atoms with Crippen LogP contribution in [0.25, 0.3) is 0 Å². The van der Waals surface area contributed by atoms with Crippen molar-refractivity contribution in [2.45, 2.75) is 123 Å². The predicted octanol–water partition coefficient (Wildman–Crippen LogP) is 6.52. The smallest absolute Gasteiger partial charge is 0.307 e. The van der Waals surface area contributed by atoms with Gasteiger partial charge in [0.1, 0.15) is 6.23 Å². The average Bonchev–Trinajstić information content (AvgIpc) is 2.50. The van der Waals surface area contributed by atoms with Crippen molar-refractivity contribution in [3.05, 3.63) is 0 Å². The molecule has 0 bridgehead atoms. The number of nitrogens with two attached hydrogens (primary N) is 1. The van der Waals surface area contributed by atoms with E-state index in [0.29, 0.717) is 6.42 Å². The van der Waals surface area contributed by atoms with Gasteiger partial charge in [0.2, 0.25) is 0 Å². The largest absolute Gasteiger partial charge is 0.447 e. The van der Waals surface area contributed by atoms with E-state index in [4.69, 9.17) is 10.5 Å². The molecule has 0 saturated heterocycles. The van der Waals surface area contributed by atoms with Gasteiger partial charge in [-0.15, -0.1) is 12.4 Å². The van der Waals surface area contributed by atoms with Crippen molar-refractivity contribution in [3.8, 4) is 0 Å². The Kier molecular flexibility index (Phi) is 22.5. The van der Waals surface area contributed by atoms with Crippen LogP contribution in [0.4, 0.5) is 0 Å². The fraction of sp³-hybridized carbons (Fsp3) is 0.950. The monoisotopic (exact) mass is 363 g/mol. The Bertz CT molecular complexity index is 260. The first kappa shape index (κ1) is 26.0. The minimum atomic E-state index is -0.473. The van der Waals surface area contributed by atoms with Crippen molar-refractivity contribution in [1.82, 2.24) is 0 Å². The van der Waals surface area contributed by atoms with E-state index in [-0.39, 0.29) is 18.4 Å². The van der Waals surface area contributed by atoms with Gasteiger partial charge in [-0.2, -0.15) is 0 Å². The second kappa shape index (κ2) is 20.8. The minimum Gasteiger partial charge on any atom is -0.447 e. The molecule has 0 aromatic carbocycles. The molecule has 0 rings (SSSR count). The van der Waals surface area contributed by atoms with Gasteiger partial charge in [0.15, 0.2) is 0 Å². The van der Waals surface area contributed by atoms with Crippen LogP contribution in [0.2, 0.25) is 0 Å². The van der Waals surface area contributed by atoms with Gasteiger partial charge in [-0.1, -0.05) is 96.8 Å². The highest BCUT2D eigenvalue weighted by Gasteiger charge is 2.04. The molecular weight excluding hydrogens is 322 g/mol. The van der Waals surface area contributed by atoms with Crippen LogP contribution in [0, 0.1) is 0 Å². The molecule has 0 amide bonds. The first-order valence-electron chi connectivity index (χ1n) is 10.1. The average molecular weight is 364 g/mol. The van der Waals surface area contributed by atoms with E-state index in [1.807, 2.05) is 0 Å². The highest BCUT2D eigenvalue weighted by atomic mass is 35.5. The molecule has 0 radical (unpaired) electrons. The van der Waals surface area contributed by atoms with Crippen LogP contribution in [0.15, 0.2) is 0 Å². The third-order valence-electron chi connectivity index (χ3n) is 4.30. The van der Waals surface area contributed by atoms with Crippen molar-refractivity contribution in [2.75, 3.05) is 0 Å². The normalized spacial score (nSPS) is 11.8. The Morgan fingerprint density at radius 2 is 1.08 bits per heavy atom. The van der Waals surface area contributed by atoms with E-state index < -0.39 is 6.23 Å². The van der Waals surface area contributed by atoms with Gasteiger partial charge in [-0.05, 0) is 13.3 Å². The highest BCUT2D eigenvalue weighted by molar-refractivity contribution is 5.85. The third-order valence-corrected chi connectivity index (χ3v) is 4.30. The second-order valence-corrected chi connectivity index (χ2v) is 6.89. The Balaban J connectivity index is 0. The van der Waals surface area contributed by atoms with Crippen LogP contribution >= 0.6 is 12.4 Å². The standard InChI is InChI=1S/C20H41NO2.ClH/c1-3-4-5-6-7-8-9-10-11-12-13-14-15-16-17-18-20(22)23-19(2)21;/h19H,3-18,21H2,1-2H3;1H. The maximum Gasteiger partial charge on any atom is 0.307 e. The summed E-state index contributed by atoms with van der Waals surface area (Å²) in [6.07, 6.45) is 20.1. The van der Waals surface area contributed by atoms with Crippen molar-refractivity contribution in [3.63, 3.8) is 0 Å². The summed E-state index contributed by atoms with van der Waals surface area (Å²) in [5.74, 6) is -0.158. The summed E-state index contributed by atoms with van der Waals surface area (Å²) in [6.45, 7) is 3.96. The molecule has 3 nitrogen and oxygen atoms in total. The van der Waals surface area contributed by atoms with Crippen LogP contribution in [-0.4, -0.2) is 12.2 Å². The molecule has 0 spiro atoms. The molecule has 1 atom stereocenters. The lowest BCUT2D eigenvalue weighted by molar-refractivity contribution is -0.148. The zero-order valence-electron chi connectivity index (χ0n) is 16.2. The summed E-state index contributed by atoms with van der Waals surface area (Å²) in [6, 6.07) is 0. The summed E-state index contributed by atoms with van der Waals surface area (Å²) in [5.41, 5.74) is 5.41. The SMILES string of the molecule is CCCCCCCCCCCCCCCCCC(=O)OC(C)N.Cl. The van der Waals surface area contributed by atoms with E-state index in [2.05, 4.69) is 6.92 Å². The molecule has 0 aliphatic heterocycles. The van der Waals surface area contributed by atoms with Crippen molar-refractivity contribution in [2.24, 2.45) is 5.73 Å². The van der Waals surface area contributed by atoms with Gasteiger partial charge in [-0.3, -0.25) is 10.5 Å². The molecule has 0 fully saturated rings. The molecule has 2 N–H and O–H groups in total. The van der Waals surface area contributed by atoms with Crippen molar-refractivity contribution >= 4 is 18.4 Å². The molecule has 146 valence electrons. The van der Waals surface area contributed by atoms with Crippen LogP contribution in [0.1, 0.15) is 117 Å². The maximum atomic E-state index is 11.3. The quantitative estimate of drug-likeness (QED) is 0.182. The van der Waals surface area contributed by atoms with Gasteiger partial charge in [-0.25, -0.2) is 0 Å². The minimum absolute atomic E-state index is 0. The molecule has 0 aliphatic rings.